The first-order chi connectivity index (χ1) is 8.40. The smallest absolute Gasteiger partial charge is 0.316 e. The third-order valence-corrected chi connectivity index (χ3v) is 4.29. The number of carboxylic acid groups (broad SMARTS) is 1. The summed E-state index contributed by atoms with van der Waals surface area (Å²) < 4.78 is 0. The van der Waals surface area contributed by atoms with Crippen molar-refractivity contribution in [3.8, 4) is 0 Å². The third-order valence-electron chi connectivity index (χ3n) is 2.23. The maximum absolute atomic E-state index is 11.5. The van der Waals surface area contributed by atoms with Gasteiger partial charge >= 0.3 is 5.97 Å². The predicted molar refractivity (Wildman–Crippen MR) is 72.9 cm³/mol. The van der Waals surface area contributed by atoms with E-state index in [9.17, 15) is 9.59 Å². The first kappa shape index (κ1) is 15.0. The molecule has 0 saturated carbocycles. The summed E-state index contributed by atoms with van der Waals surface area (Å²) in [6.45, 7) is 1.65. The van der Waals surface area contributed by atoms with Gasteiger partial charge in [-0.2, -0.15) is 0 Å². The SMILES string of the molecule is CC(SCc1csc(CC(=O)N(C)C)n1)C(=O)O. The van der Waals surface area contributed by atoms with Crippen molar-refractivity contribution in [1.29, 1.82) is 0 Å². The number of carbonyl (C=O) groups is 2. The summed E-state index contributed by atoms with van der Waals surface area (Å²) in [6.07, 6.45) is 0.302. The molecule has 1 unspecified atom stereocenters. The Hall–Kier alpha value is -1.08. The van der Waals surface area contributed by atoms with E-state index in [0.717, 1.165) is 10.7 Å². The Bertz CT molecular complexity index is 432. The lowest BCUT2D eigenvalue weighted by Gasteiger charge is -2.07. The zero-order valence-corrected chi connectivity index (χ0v) is 12.2. The number of nitrogens with zero attached hydrogens (tertiary/aromatic N) is 2. The number of aliphatic carboxylic acids is 1. The molecule has 1 heterocycles. The van der Waals surface area contributed by atoms with E-state index in [1.165, 1.54) is 28.0 Å². The maximum atomic E-state index is 11.5. The van der Waals surface area contributed by atoms with E-state index < -0.39 is 11.2 Å². The zero-order chi connectivity index (χ0) is 13.7. The summed E-state index contributed by atoms with van der Waals surface area (Å²) in [7, 11) is 3.42. The molecule has 5 nitrogen and oxygen atoms in total. The van der Waals surface area contributed by atoms with Gasteiger partial charge in [-0.25, -0.2) is 4.98 Å². The molecule has 0 aliphatic rings. The van der Waals surface area contributed by atoms with E-state index in [-0.39, 0.29) is 5.91 Å². The second-order valence-electron chi connectivity index (χ2n) is 3.99. The number of carbonyl (C=O) groups excluding carboxylic acids is 1. The number of amides is 1. The minimum Gasteiger partial charge on any atom is -0.480 e. The molecule has 100 valence electrons. The molecule has 1 aromatic rings. The molecule has 0 radical (unpaired) electrons. The van der Waals surface area contributed by atoms with Crippen molar-refractivity contribution in [3.63, 3.8) is 0 Å². The minimum atomic E-state index is -0.821. The molecule has 1 N–H and O–H groups in total. The molecule has 0 bridgehead atoms. The van der Waals surface area contributed by atoms with Crippen LogP contribution in [-0.2, 0) is 21.8 Å². The van der Waals surface area contributed by atoms with Gasteiger partial charge in [0.2, 0.25) is 5.91 Å². The third kappa shape index (κ3) is 4.66. The maximum Gasteiger partial charge on any atom is 0.316 e. The van der Waals surface area contributed by atoms with Crippen molar-refractivity contribution in [2.45, 2.75) is 24.3 Å². The van der Waals surface area contributed by atoms with Crippen LogP contribution in [0.2, 0.25) is 0 Å². The highest BCUT2D eigenvalue weighted by Gasteiger charge is 2.13. The molecule has 18 heavy (non-hydrogen) atoms. The Morgan fingerprint density at radius 1 is 1.56 bits per heavy atom. The Kier molecular flexibility index (Phi) is 5.61. The summed E-state index contributed by atoms with van der Waals surface area (Å²) in [6, 6.07) is 0. The number of likely N-dealkylation sites (N-methyl/N-ethyl adjacent to an activating group) is 1. The van der Waals surface area contributed by atoms with Crippen LogP contribution >= 0.6 is 23.1 Å². The summed E-state index contributed by atoms with van der Waals surface area (Å²) in [5.41, 5.74) is 0.833. The molecule has 0 aromatic carbocycles. The summed E-state index contributed by atoms with van der Waals surface area (Å²) in [4.78, 5) is 28.0. The second-order valence-corrected chi connectivity index (χ2v) is 6.26. The van der Waals surface area contributed by atoms with Gasteiger partial charge in [0.15, 0.2) is 0 Å². The van der Waals surface area contributed by atoms with Crippen LogP contribution in [0.4, 0.5) is 0 Å². The van der Waals surface area contributed by atoms with E-state index in [1.54, 1.807) is 21.0 Å². The average Bonchev–Trinajstić information content (AvgIpc) is 2.73. The first-order valence-electron chi connectivity index (χ1n) is 5.38. The second kappa shape index (κ2) is 6.75. The van der Waals surface area contributed by atoms with Gasteiger partial charge in [0, 0.05) is 25.2 Å². The average molecular weight is 288 g/mol. The molecule has 0 spiro atoms. The Balaban J connectivity index is 2.48. The van der Waals surface area contributed by atoms with Crippen LogP contribution in [0.15, 0.2) is 5.38 Å². The van der Waals surface area contributed by atoms with Gasteiger partial charge in [-0.15, -0.1) is 23.1 Å². The fourth-order valence-electron chi connectivity index (χ4n) is 1.07. The molecule has 1 aromatic heterocycles. The first-order valence-corrected chi connectivity index (χ1v) is 7.31. The molecule has 7 heteroatoms. The molecule has 0 fully saturated rings. The number of hydrogen-bond donors (Lipinski definition) is 1. The van der Waals surface area contributed by atoms with Gasteiger partial charge < -0.3 is 10.0 Å². The fraction of sp³-hybridized carbons (Fsp3) is 0.545. The van der Waals surface area contributed by atoms with E-state index in [2.05, 4.69) is 4.98 Å². The van der Waals surface area contributed by atoms with Crippen LogP contribution in [0.1, 0.15) is 17.6 Å². The highest BCUT2D eigenvalue weighted by Crippen LogP contribution is 2.20. The number of hydrogen-bond acceptors (Lipinski definition) is 5. The quantitative estimate of drug-likeness (QED) is 0.858. The van der Waals surface area contributed by atoms with E-state index in [1.807, 2.05) is 5.38 Å². The Labute approximate surface area is 114 Å². The van der Waals surface area contributed by atoms with Crippen LogP contribution in [0, 0.1) is 0 Å². The number of carboxylic acids is 1. The molecule has 1 amide bonds. The van der Waals surface area contributed by atoms with Gasteiger partial charge in [-0.1, -0.05) is 0 Å². The lowest BCUT2D eigenvalue weighted by atomic mass is 10.4. The minimum absolute atomic E-state index is 0.0162. The highest BCUT2D eigenvalue weighted by atomic mass is 32.2. The normalized spacial score (nSPS) is 12.2. The van der Waals surface area contributed by atoms with Crippen molar-refractivity contribution in [1.82, 2.24) is 9.88 Å². The van der Waals surface area contributed by atoms with Crippen LogP contribution in [0.25, 0.3) is 0 Å². The van der Waals surface area contributed by atoms with Crippen molar-refractivity contribution < 1.29 is 14.7 Å². The van der Waals surface area contributed by atoms with Gasteiger partial charge in [-0.3, -0.25) is 9.59 Å². The standard InChI is InChI=1S/C11H16N2O3S2/c1-7(11(15)16)17-5-8-6-18-9(12-8)4-10(14)13(2)3/h6-7H,4-5H2,1-3H3,(H,15,16). The Morgan fingerprint density at radius 2 is 2.22 bits per heavy atom. The fourth-order valence-corrected chi connectivity index (χ4v) is 2.67. The molecular weight excluding hydrogens is 272 g/mol. The van der Waals surface area contributed by atoms with Gasteiger partial charge in [0.25, 0.3) is 0 Å². The van der Waals surface area contributed by atoms with Gasteiger partial charge in [-0.05, 0) is 6.92 Å². The molecule has 1 atom stereocenters. The van der Waals surface area contributed by atoms with Crippen molar-refractivity contribution >= 4 is 35.0 Å². The van der Waals surface area contributed by atoms with Crippen LogP contribution in [0.3, 0.4) is 0 Å². The van der Waals surface area contributed by atoms with E-state index in [4.69, 9.17) is 5.11 Å². The largest absolute Gasteiger partial charge is 0.480 e. The van der Waals surface area contributed by atoms with Crippen molar-refractivity contribution in [2.75, 3.05) is 14.1 Å². The summed E-state index contributed by atoms with van der Waals surface area (Å²) in [5.74, 6) is -0.249. The van der Waals surface area contributed by atoms with Crippen LogP contribution in [0.5, 0.6) is 0 Å². The summed E-state index contributed by atoms with van der Waals surface area (Å²) in [5, 5.41) is 11.0. The topological polar surface area (TPSA) is 70.5 Å². The van der Waals surface area contributed by atoms with Crippen molar-refractivity contribution in [3.05, 3.63) is 16.1 Å². The predicted octanol–water partition coefficient (Wildman–Crippen LogP) is 1.48. The molecule has 1 rings (SSSR count). The molecule has 0 saturated heterocycles. The lowest BCUT2D eigenvalue weighted by Crippen LogP contribution is -2.23. The van der Waals surface area contributed by atoms with E-state index in [0.29, 0.717) is 12.2 Å². The van der Waals surface area contributed by atoms with Crippen molar-refractivity contribution in [2.24, 2.45) is 0 Å². The van der Waals surface area contributed by atoms with Gasteiger partial charge in [0.05, 0.1) is 17.4 Å². The van der Waals surface area contributed by atoms with E-state index >= 15 is 0 Å². The monoisotopic (exact) mass is 288 g/mol. The molecular formula is C11H16N2O3S2. The highest BCUT2D eigenvalue weighted by molar-refractivity contribution is 7.99. The number of thioether (sulfide) groups is 1. The van der Waals surface area contributed by atoms with Crippen LogP contribution < -0.4 is 0 Å². The zero-order valence-electron chi connectivity index (χ0n) is 10.5. The number of thiazole rings is 1. The van der Waals surface area contributed by atoms with Crippen LogP contribution in [-0.4, -0.2) is 46.2 Å². The van der Waals surface area contributed by atoms with Gasteiger partial charge in [0.1, 0.15) is 5.01 Å². The number of aromatic nitrogens is 1. The number of rotatable bonds is 6. The summed E-state index contributed by atoms with van der Waals surface area (Å²) >= 11 is 2.76. The molecule has 0 aliphatic carbocycles. The lowest BCUT2D eigenvalue weighted by molar-refractivity contribution is -0.136. The molecule has 0 aliphatic heterocycles. The Morgan fingerprint density at radius 3 is 2.78 bits per heavy atom.